The molecule has 0 saturated heterocycles. The molecule has 1 unspecified atom stereocenters. The highest BCUT2D eigenvalue weighted by Crippen LogP contribution is 2.38. The summed E-state index contributed by atoms with van der Waals surface area (Å²) in [6.07, 6.45) is 0. The van der Waals surface area contributed by atoms with Crippen molar-refractivity contribution in [2.24, 2.45) is 4.99 Å². The molecule has 1 aliphatic heterocycles. The zero-order valence-corrected chi connectivity index (χ0v) is 17.2. The normalized spacial score (nSPS) is 16.8. The molecule has 0 aromatic heterocycles. The van der Waals surface area contributed by atoms with Crippen molar-refractivity contribution in [2.45, 2.75) is 24.3 Å². The molecule has 3 aromatic rings. The van der Waals surface area contributed by atoms with Gasteiger partial charge in [-0.1, -0.05) is 43.3 Å². The number of halogens is 3. The number of rotatable bonds is 4. The van der Waals surface area contributed by atoms with Crippen molar-refractivity contribution < 1.29 is 21.6 Å². The molecule has 1 atom stereocenters. The van der Waals surface area contributed by atoms with E-state index in [9.17, 15) is 21.6 Å². The molecule has 0 bridgehead atoms. The van der Waals surface area contributed by atoms with Crippen LogP contribution in [0.15, 0.2) is 70.6 Å². The van der Waals surface area contributed by atoms with Crippen molar-refractivity contribution in [1.82, 2.24) is 4.72 Å². The first-order chi connectivity index (χ1) is 14.8. The Hall–Kier alpha value is -3.33. The molecule has 3 aromatic carbocycles. The van der Waals surface area contributed by atoms with Gasteiger partial charge < -0.3 is 5.32 Å². The number of hydrogen-bond donors (Lipinski definition) is 2. The lowest BCUT2D eigenvalue weighted by molar-refractivity contribution is 0.577. The molecule has 0 aliphatic carbocycles. The Bertz CT molecular complexity index is 1290. The van der Waals surface area contributed by atoms with Gasteiger partial charge in [-0.25, -0.2) is 31.3 Å². The van der Waals surface area contributed by atoms with Gasteiger partial charge in [0.2, 0.25) is 5.96 Å². The van der Waals surface area contributed by atoms with E-state index in [1.54, 1.807) is 19.1 Å². The molecule has 0 amide bonds. The Morgan fingerprint density at radius 1 is 0.903 bits per heavy atom. The molecule has 5 nitrogen and oxygen atoms in total. The molecule has 0 radical (unpaired) electrons. The number of nitrogens with zero attached hydrogens (tertiary/aromatic N) is 1. The number of hydrogen-bond acceptors (Lipinski definition) is 3. The Morgan fingerprint density at radius 3 is 2.29 bits per heavy atom. The van der Waals surface area contributed by atoms with Crippen LogP contribution in [0.5, 0.6) is 0 Å². The van der Waals surface area contributed by atoms with Gasteiger partial charge in [-0.3, -0.25) is 0 Å². The highest BCUT2D eigenvalue weighted by molar-refractivity contribution is 7.90. The molecular weight excluding hydrogens is 427 g/mol. The quantitative estimate of drug-likeness (QED) is 0.621. The number of fused-ring (bicyclic) bond motifs is 1. The van der Waals surface area contributed by atoms with E-state index in [4.69, 9.17) is 0 Å². The number of aliphatic imine (C=N–C) groups is 1. The van der Waals surface area contributed by atoms with Crippen LogP contribution in [0, 0.1) is 17.5 Å². The van der Waals surface area contributed by atoms with Gasteiger partial charge in [-0.05, 0) is 29.8 Å². The van der Waals surface area contributed by atoms with E-state index >= 15 is 0 Å². The number of anilines is 1. The Balaban J connectivity index is 1.78. The van der Waals surface area contributed by atoms with Crippen molar-refractivity contribution in [3.8, 4) is 0 Å². The fourth-order valence-electron chi connectivity index (χ4n) is 3.52. The third-order valence-electron chi connectivity index (χ3n) is 5.09. The van der Waals surface area contributed by atoms with Crippen LogP contribution in [0.2, 0.25) is 0 Å². The van der Waals surface area contributed by atoms with Crippen molar-refractivity contribution >= 4 is 21.7 Å². The summed E-state index contributed by atoms with van der Waals surface area (Å²) in [5.74, 6) is -2.66. The molecule has 1 aliphatic rings. The van der Waals surface area contributed by atoms with Crippen molar-refractivity contribution in [2.75, 3.05) is 5.32 Å². The molecule has 1 heterocycles. The van der Waals surface area contributed by atoms with E-state index in [0.29, 0.717) is 0 Å². The first-order valence-electron chi connectivity index (χ1n) is 9.42. The van der Waals surface area contributed by atoms with Crippen LogP contribution in [0.1, 0.15) is 29.5 Å². The van der Waals surface area contributed by atoms with Gasteiger partial charge in [0.15, 0.2) is 0 Å². The summed E-state index contributed by atoms with van der Waals surface area (Å²) in [6.45, 7) is 1.45. The van der Waals surface area contributed by atoms with Gasteiger partial charge in [-0.2, -0.15) is 0 Å². The summed E-state index contributed by atoms with van der Waals surface area (Å²) >= 11 is 0. The highest BCUT2D eigenvalue weighted by atomic mass is 32.2. The van der Waals surface area contributed by atoms with Crippen molar-refractivity contribution in [3.63, 3.8) is 0 Å². The first-order valence-corrected chi connectivity index (χ1v) is 10.9. The van der Waals surface area contributed by atoms with Crippen LogP contribution in [-0.2, 0) is 16.6 Å². The molecular formula is C22H18F3N3O2S. The van der Waals surface area contributed by atoms with Crippen molar-refractivity contribution in [1.29, 1.82) is 0 Å². The second kappa shape index (κ2) is 8.07. The number of guanidine groups is 1. The fourth-order valence-corrected chi connectivity index (χ4v) is 4.68. The Labute approximate surface area is 177 Å². The summed E-state index contributed by atoms with van der Waals surface area (Å²) in [4.78, 5) is 3.92. The van der Waals surface area contributed by atoms with Gasteiger partial charge in [0.25, 0.3) is 10.0 Å². The summed E-state index contributed by atoms with van der Waals surface area (Å²) in [5, 5.41) is 2.80. The first kappa shape index (κ1) is 20.9. The van der Waals surface area contributed by atoms with Gasteiger partial charge >= 0.3 is 0 Å². The predicted molar refractivity (Wildman–Crippen MR) is 112 cm³/mol. The summed E-state index contributed by atoms with van der Waals surface area (Å²) in [5.41, 5.74) is 0.450. The molecule has 9 heteroatoms. The standard InChI is InChI=1S/C22H18F3N3O2S/c1-13(15-7-3-5-9-17(15)24)20-18(25)10-11-19-21(20)27-22(28-31(19,29)30)26-12-14-6-2-4-8-16(14)23/h2-11,13H,12H2,1H3,(H2,26,27,28). The molecule has 2 N–H and O–H groups in total. The second-order valence-electron chi connectivity index (χ2n) is 7.06. The SMILES string of the molecule is CC(c1ccccc1F)c1c(F)ccc2c1NC(=NCc1ccccc1F)NS2(=O)=O. The van der Waals surface area contributed by atoms with Crippen LogP contribution in [0.25, 0.3) is 0 Å². The third kappa shape index (κ3) is 4.00. The Kier molecular flexibility index (Phi) is 5.45. The lowest BCUT2D eigenvalue weighted by Crippen LogP contribution is -2.41. The van der Waals surface area contributed by atoms with E-state index in [-0.39, 0.29) is 39.8 Å². The molecule has 31 heavy (non-hydrogen) atoms. The number of benzene rings is 3. The second-order valence-corrected chi connectivity index (χ2v) is 8.71. The molecule has 0 spiro atoms. The fraction of sp³-hybridized carbons (Fsp3) is 0.136. The van der Waals surface area contributed by atoms with E-state index < -0.39 is 33.4 Å². The molecule has 160 valence electrons. The van der Waals surface area contributed by atoms with Crippen LogP contribution < -0.4 is 10.0 Å². The predicted octanol–water partition coefficient (Wildman–Crippen LogP) is 4.52. The number of sulfonamides is 1. The van der Waals surface area contributed by atoms with E-state index in [1.165, 1.54) is 36.4 Å². The summed E-state index contributed by atoms with van der Waals surface area (Å²) in [6, 6.07) is 14.0. The Morgan fingerprint density at radius 2 is 1.58 bits per heavy atom. The maximum Gasteiger partial charge on any atom is 0.266 e. The van der Waals surface area contributed by atoms with Crippen LogP contribution in [0.3, 0.4) is 0 Å². The molecule has 0 saturated carbocycles. The van der Waals surface area contributed by atoms with Gasteiger partial charge in [0.05, 0.1) is 12.2 Å². The lowest BCUT2D eigenvalue weighted by atomic mass is 9.91. The van der Waals surface area contributed by atoms with Gasteiger partial charge in [-0.15, -0.1) is 0 Å². The number of nitrogens with one attached hydrogen (secondary N) is 2. The van der Waals surface area contributed by atoms with E-state index in [0.717, 1.165) is 12.1 Å². The van der Waals surface area contributed by atoms with Crippen LogP contribution in [-0.4, -0.2) is 14.4 Å². The molecule has 4 rings (SSSR count). The summed E-state index contributed by atoms with van der Waals surface area (Å²) in [7, 11) is -4.07. The largest absolute Gasteiger partial charge is 0.324 e. The minimum absolute atomic E-state index is 0.00809. The minimum atomic E-state index is -4.07. The van der Waals surface area contributed by atoms with Crippen LogP contribution in [0.4, 0.5) is 18.9 Å². The lowest BCUT2D eigenvalue weighted by Gasteiger charge is -2.26. The topological polar surface area (TPSA) is 70.6 Å². The maximum atomic E-state index is 14.9. The zero-order valence-electron chi connectivity index (χ0n) is 16.4. The average molecular weight is 445 g/mol. The smallest absolute Gasteiger partial charge is 0.266 e. The van der Waals surface area contributed by atoms with Gasteiger partial charge in [0.1, 0.15) is 22.3 Å². The highest BCUT2D eigenvalue weighted by Gasteiger charge is 2.32. The third-order valence-corrected chi connectivity index (χ3v) is 6.47. The minimum Gasteiger partial charge on any atom is -0.324 e. The van der Waals surface area contributed by atoms with E-state index in [2.05, 4.69) is 15.0 Å². The average Bonchev–Trinajstić information content (AvgIpc) is 2.72. The molecule has 0 fully saturated rings. The maximum absolute atomic E-state index is 14.9. The van der Waals surface area contributed by atoms with Crippen molar-refractivity contribution in [3.05, 3.63) is 94.8 Å². The van der Waals surface area contributed by atoms with Crippen LogP contribution >= 0.6 is 0 Å². The van der Waals surface area contributed by atoms with E-state index in [1.807, 2.05) is 0 Å². The summed E-state index contributed by atoms with van der Waals surface area (Å²) < 4.78 is 70.8. The van der Waals surface area contributed by atoms with Gasteiger partial charge in [0, 0.05) is 17.0 Å². The monoisotopic (exact) mass is 445 g/mol. The zero-order chi connectivity index (χ0) is 22.2.